The summed E-state index contributed by atoms with van der Waals surface area (Å²) in [7, 11) is 1.74. The minimum absolute atomic E-state index is 0.0501. The predicted octanol–water partition coefficient (Wildman–Crippen LogP) is 1.48. The highest BCUT2D eigenvalue weighted by atomic mass is 16.5. The van der Waals surface area contributed by atoms with E-state index in [2.05, 4.69) is 29.2 Å². The zero-order chi connectivity index (χ0) is 16.8. The molecule has 1 fully saturated rings. The molecule has 7 heteroatoms. The summed E-state index contributed by atoms with van der Waals surface area (Å²) in [4.78, 5) is 16.1. The van der Waals surface area contributed by atoms with Crippen LogP contribution in [0.4, 0.5) is 4.79 Å². The molecule has 2 amide bonds. The Morgan fingerprint density at radius 3 is 3.00 bits per heavy atom. The van der Waals surface area contributed by atoms with Crippen LogP contribution in [0, 0.1) is 12.8 Å². The van der Waals surface area contributed by atoms with E-state index in [1.165, 1.54) is 0 Å². The van der Waals surface area contributed by atoms with Crippen molar-refractivity contribution in [2.24, 2.45) is 5.92 Å². The molecule has 2 heterocycles. The largest absolute Gasteiger partial charge is 0.374 e. The van der Waals surface area contributed by atoms with E-state index in [4.69, 9.17) is 9.26 Å². The van der Waals surface area contributed by atoms with Gasteiger partial charge < -0.3 is 19.5 Å². The second-order valence-electron chi connectivity index (χ2n) is 6.62. The van der Waals surface area contributed by atoms with Gasteiger partial charge in [0.1, 0.15) is 11.5 Å². The summed E-state index contributed by atoms with van der Waals surface area (Å²) in [6, 6.07) is 1.70. The summed E-state index contributed by atoms with van der Waals surface area (Å²) in [6.07, 6.45) is 0.0501. The topological polar surface area (TPSA) is 70.8 Å². The fourth-order valence-corrected chi connectivity index (χ4v) is 2.73. The molecule has 7 nitrogen and oxygen atoms in total. The van der Waals surface area contributed by atoms with Gasteiger partial charge in [-0.1, -0.05) is 19.0 Å². The lowest BCUT2D eigenvalue weighted by Gasteiger charge is -2.34. The van der Waals surface area contributed by atoms with Gasteiger partial charge in [-0.15, -0.1) is 0 Å². The number of nitrogens with one attached hydrogen (secondary N) is 1. The van der Waals surface area contributed by atoms with Crippen molar-refractivity contribution in [3.63, 3.8) is 0 Å². The summed E-state index contributed by atoms with van der Waals surface area (Å²) < 4.78 is 10.7. The SMILES string of the molecule is Cc1cc(CN(C)C(=O)NC[C@@H]2CN(CC(C)C)CCO2)no1. The molecular formula is C16H28N4O3. The van der Waals surface area contributed by atoms with E-state index in [9.17, 15) is 4.79 Å². The third-order valence-corrected chi connectivity index (χ3v) is 3.75. The monoisotopic (exact) mass is 324 g/mol. The molecule has 1 aromatic rings. The van der Waals surface area contributed by atoms with Crippen LogP contribution in [0.25, 0.3) is 0 Å². The van der Waals surface area contributed by atoms with Crippen LogP contribution >= 0.6 is 0 Å². The third-order valence-electron chi connectivity index (χ3n) is 3.75. The number of urea groups is 1. The average molecular weight is 324 g/mol. The molecular weight excluding hydrogens is 296 g/mol. The molecule has 0 spiro atoms. The Bertz CT molecular complexity index is 503. The van der Waals surface area contributed by atoms with E-state index in [1.807, 2.05) is 13.0 Å². The Morgan fingerprint density at radius 1 is 1.57 bits per heavy atom. The summed E-state index contributed by atoms with van der Waals surface area (Å²) in [5, 5.41) is 6.83. The molecule has 1 aromatic heterocycles. The molecule has 1 N–H and O–H groups in total. The number of amides is 2. The van der Waals surface area contributed by atoms with E-state index in [0.29, 0.717) is 19.0 Å². The number of hydrogen-bond donors (Lipinski definition) is 1. The molecule has 0 radical (unpaired) electrons. The Balaban J connectivity index is 1.72. The Kier molecular flexibility index (Phi) is 6.41. The molecule has 0 unspecified atom stereocenters. The first-order valence-electron chi connectivity index (χ1n) is 8.19. The molecule has 130 valence electrons. The molecule has 23 heavy (non-hydrogen) atoms. The van der Waals surface area contributed by atoms with Crippen molar-refractivity contribution in [2.75, 3.05) is 39.8 Å². The number of carbonyl (C=O) groups is 1. The van der Waals surface area contributed by atoms with E-state index in [-0.39, 0.29) is 12.1 Å². The van der Waals surface area contributed by atoms with Crippen LogP contribution in [0.1, 0.15) is 25.3 Å². The first kappa shape index (κ1) is 17.7. The second-order valence-corrected chi connectivity index (χ2v) is 6.62. The predicted molar refractivity (Wildman–Crippen MR) is 87.1 cm³/mol. The molecule has 1 saturated heterocycles. The summed E-state index contributed by atoms with van der Waals surface area (Å²) in [5.74, 6) is 1.38. The minimum atomic E-state index is -0.129. The van der Waals surface area contributed by atoms with Crippen molar-refractivity contribution in [2.45, 2.75) is 33.4 Å². The zero-order valence-electron chi connectivity index (χ0n) is 14.5. The van der Waals surface area contributed by atoms with Crippen LogP contribution in [-0.4, -0.2) is 66.9 Å². The number of ether oxygens (including phenoxy) is 1. The van der Waals surface area contributed by atoms with Crippen LogP contribution in [0.5, 0.6) is 0 Å². The van der Waals surface area contributed by atoms with E-state index in [1.54, 1.807) is 11.9 Å². The fraction of sp³-hybridized carbons (Fsp3) is 0.750. The summed E-state index contributed by atoms with van der Waals surface area (Å²) >= 11 is 0. The van der Waals surface area contributed by atoms with E-state index >= 15 is 0 Å². The molecule has 0 saturated carbocycles. The van der Waals surface area contributed by atoms with Gasteiger partial charge in [-0.3, -0.25) is 4.90 Å². The van der Waals surface area contributed by atoms with Gasteiger partial charge in [-0.05, 0) is 12.8 Å². The zero-order valence-corrected chi connectivity index (χ0v) is 14.5. The average Bonchev–Trinajstić information content (AvgIpc) is 2.89. The number of hydrogen-bond acceptors (Lipinski definition) is 5. The third kappa shape index (κ3) is 5.84. The van der Waals surface area contributed by atoms with Crippen molar-refractivity contribution in [1.29, 1.82) is 0 Å². The number of rotatable bonds is 6. The standard InChI is InChI=1S/C16H28N4O3/c1-12(2)9-20-5-6-22-15(11-20)8-17-16(21)19(4)10-14-7-13(3)23-18-14/h7,12,15H,5-6,8-11H2,1-4H3,(H,17,21)/t15-/m1/s1. The van der Waals surface area contributed by atoms with Gasteiger partial charge in [-0.2, -0.15) is 0 Å². The lowest BCUT2D eigenvalue weighted by atomic mass is 10.2. The van der Waals surface area contributed by atoms with Crippen molar-refractivity contribution in [1.82, 2.24) is 20.3 Å². The summed E-state index contributed by atoms with van der Waals surface area (Å²) in [5.41, 5.74) is 0.747. The fourth-order valence-electron chi connectivity index (χ4n) is 2.73. The Morgan fingerprint density at radius 2 is 2.35 bits per heavy atom. The maximum Gasteiger partial charge on any atom is 0.317 e. The van der Waals surface area contributed by atoms with Crippen molar-refractivity contribution < 1.29 is 14.1 Å². The van der Waals surface area contributed by atoms with Gasteiger partial charge in [0.15, 0.2) is 0 Å². The Labute approximate surface area is 137 Å². The Hall–Kier alpha value is -1.60. The van der Waals surface area contributed by atoms with E-state index in [0.717, 1.165) is 37.7 Å². The van der Waals surface area contributed by atoms with Crippen LogP contribution in [0.2, 0.25) is 0 Å². The van der Waals surface area contributed by atoms with Crippen LogP contribution in [-0.2, 0) is 11.3 Å². The number of nitrogens with zero attached hydrogens (tertiary/aromatic N) is 3. The van der Waals surface area contributed by atoms with Gasteiger partial charge in [0.2, 0.25) is 0 Å². The lowest BCUT2D eigenvalue weighted by Crippen LogP contribution is -2.49. The van der Waals surface area contributed by atoms with Crippen molar-refractivity contribution in [3.8, 4) is 0 Å². The molecule has 1 aliphatic rings. The number of morpholine rings is 1. The van der Waals surface area contributed by atoms with Crippen LogP contribution in [0.15, 0.2) is 10.6 Å². The molecule has 0 aromatic carbocycles. The number of aromatic nitrogens is 1. The quantitative estimate of drug-likeness (QED) is 0.858. The second kappa shape index (κ2) is 8.31. The molecule has 0 bridgehead atoms. The number of aryl methyl sites for hydroxylation is 1. The highest BCUT2D eigenvalue weighted by Gasteiger charge is 2.22. The van der Waals surface area contributed by atoms with Crippen LogP contribution < -0.4 is 5.32 Å². The van der Waals surface area contributed by atoms with Crippen LogP contribution in [0.3, 0.4) is 0 Å². The first-order chi connectivity index (χ1) is 10.9. The van der Waals surface area contributed by atoms with Gasteiger partial charge in [0.05, 0.1) is 19.3 Å². The van der Waals surface area contributed by atoms with Gasteiger partial charge in [-0.25, -0.2) is 4.79 Å². The maximum atomic E-state index is 12.1. The van der Waals surface area contributed by atoms with Gasteiger partial charge in [0.25, 0.3) is 0 Å². The lowest BCUT2D eigenvalue weighted by molar-refractivity contribution is -0.0293. The van der Waals surface area contributed by atoms with Gasteiger partial charge in [0, 0.05) is 39.3 Å². The minimum Gasteiger partial charge on any atom is -0.374 e. The number of carbonyl (C=O) groups excluding carboxylic acids is 1. The molecule has 0 aliphatic carbocycles. The highest BCUT2D eigenvalue weighted by Crippen LogP contribution is 2.08. The van der Waals surface area contributed by atoms with Crippen molar-refractivity contribution in [3.05, 3.63) is 17.5 Å². The molecule has 1 aliphatic heterocycles. The normalized spacial score (nSPS) is 19.1. The van der Waals surface area contributed by atoms with E-state index < -0.39 is 0 Å². The highest BCUT2D eigenvalue weighted by molar-refractivity contribution is 5.73. The van der Waals surface area contributed by atoms with Gasteiger partial charge >= 0.3 is 6.03 Å². The molecule has 2 rings (SSSR count). The summed E-state index contributed by atoms with van der Waals surface area (Å²) in [6.45, 7) is 10.8. The molecule has 1 atom stereocenters. The smallest absolute Gasteiger partial charge is 0.317 e. The first-order valence-corrected chi connectivity index (χ1v) is 8.19. The van der Waals surface area contributed by atoms with Crippen molar-refractivity contribution >= 4 is 6.03 Å². The maximum absolute atomic E-state index is 12.1.